The Bertz CT molecular complexity index is 623. The number of nitriles is 1. The van der Waals surface area contributed by atoms with E-state index in [9.17, 15) is 5.26 Å². The molecule has 0 N–H and O–H groups in total. The van der Waals surface area contributed by atoms with Gasteiger partial charge in [0.15, 0.2) is 0 Å². The predicted molar refractivity (Wildman–Crippen MR) is 93.7 cm³/mol. The fourth-order valence-electron chi connectivity index (χ4n) is 2.39. The molecule has 1 unspecified atom stereocenters. The monoisotopic (exact) mass is 309 g/mol. The number of nitrogens with zero attached hydrogens (tertiary/aromatic N) is 1. The molecule has 2 nitrogen and oxygen atoms in total. The van der Waals surface area contributed by atoms with Gasteiger partial charge in [-0.1, -0.05) is 62.1 Å². The predicted octanol–water partition coefficient (Wildman–Crippen LogP) is 5.21. The Hall–Kier alpha value is -2.05. The molecule has 0 aliphatic carbocycles. The molecule has 2 rings (SSSR count). The number of ether oxygens (including phenoxy) is 1. The lowest BCUT2D eigenvalue weighted by Crippen LogP contribution is -2.22. The topological polar surface area (TPSA) is 33.0 Å². The van der Waals surface area contributed by atoms with Crippen LogP contribution < -0.4 is 4.74 Å². The van der Waals surface area contributed by atoms with Gasteiger partial charge in [0.05, 0.1) is 12.0 Å². The number of rotatable bonds is 6. The third kappa shape index (κ3) is 5.05. The van der Waals surface area contributed by atoms with Gasteiger partial charge >= 0.3 is 0 Å². The van der Waals surface area contributed by atoms with Gasteiger partial charge in [0.2, 0.25) is 0 Å². The second-order valence-electron chi connectivity index (χ2n) is 6.79. The summed E-state index contributed by atoms with van der Waals surface area (Å²) in [6.45, 7) is 7.47. The molecule has 0 amide bonds. The maximum Gasteiger partial charge on any atom is 0.119 e. The van der Waals surface area contributed by atoms with Crippen molar-refractivity contribution in [1.29, 1.82) is 5.26 Å². The Morgan fingerprint density at radius 1 is 1.00 bits per heavy atom. The van der Waals surface area contributed by atoms with Crippen molar-refractivity contribution in [3.05, 3.63) is 65.7 Å². The standard InChI is InChI=1S/C19H23NOSi/c1-22(2,3)15-18(13-20)17-9-11-19(12-10-17)21-14-16-7-5-4-6-8-16/h4-12,18H,14-15H2,1-3H3. The molecule has 0 aliphatic rings. The second kappa shape index (κ2) is 7.28. The van der Waals surface area contributed by atoms with Gasteiger partial charge in [-0.25, -0.2) is 0 Å². The normalized spacial score (nSPS) is 12.5. The molecule has 1 atom stereocenters. The molecule has 0 heterocycles. The van der Waals surface area contributed by atoms with Gasteiger partial charge in [-0.2, -0.15) is 5.26 Å². The molecular weight excluding hydrogens is 286 g/mol. The van der Waals surface area contributed by atoms with Crippen molar-refractivity contribution < 1.29 is 4.74 Å². The molecule has 3 heteroatoms. The van der Waals surface area contributed by atoms with Crippen molar-refractivity contribution in [2.75, 3.05) is 0 Å². The Balaban J connectivity index is 1.99. The van der Waals surface area contributed by atoms with E-state index < -0.39 is 8.07 Å². The summed E-state index contributed by atoms with van der Waals surface area (Å²) >= 11 is 0. The van der Waals surface area contributed by atoms with E-state index in [1.165, 1.54) is 0 Å². The van der Waals surface area contributed by atoms with Crippen LogP contribution in [0, 0.1) is 11.3 Å². The highest BCUT2D eigenvalue weighted by molar-refractivity contribution is 6.76. The summed E-state index contributed by atoms with van der Waals surface area (Å²) in [6.07, 6.45) is 0. The maximum absolute atomic E-state index is 9.41. The van der Waals surface area contributed by atoms with Crippen molar-refractivity contribution in [1.82, 2.24) is 0 Å². The van der Waals surface area contributed by atoms with Crippen LogP contribution in [0.25, 0.3) is 0 Å². The van der Waals surface area contributed by atoms with E-state index in [0.717, 1.165) is 22.9 Å². The average Bonchev–Trinajstić information content (AvgIpc) is 2.51. The fraction of sp³-hybridized carbons (Fsp3) is 0.316. The summed E-state index contributed by atoms with van der Waals surface area (Å²) in [5.74, 6) is 0.840. The van der Waals surface area contributed by atoms with Gasteiger partial charge in [-0.3, -0.25) is 0 Å². The first-order valence-electron chi connectivity index (χ1n) is 7.64. The Kier molecular flexibility index (Phi) is 5.40. The van der Waals surface area contributed by atoms with Crippen LogP contribution in [0.5, 0.6) is 5.75 Å². The highest BCUT2D eigenvalue weighted by Crippen LogP contribution is 2.27. The van der Waals surface area contributed by atoms with Crippen LogP contribution in [-0.2, 0) is 6.61 Å². The van der Waals surface area contributed by atoms with Crippen LogP contribution in [0.3, 0.4) is 0 Å². The molecule has 0 saturated heterocycles. The Morgan fingerprint density at radius 3 is 2.18 bits per heavy atom. The zero-order chi connectivity index (χ0) is 16.0. The SMILES string of the molecule is C[Si](C)(C)CC(C#N)c1ccc(OCc2ccccc2)cc1. The lowest BCUT2D eigenvalue weighted by molar-refractivity contribution is 0.306. The van der Waals surface area contributed by atoms with Gasteiger partial charge in [0.25, 0.3) is 0 Å². The van der Waals surface area contributed by atoms with E-state index in [1.54, 1.807) is 0 Å². The minimum Gasteiger partial charge on any atom is -0.489 e. The number of hydrogen-bond donors (Lipinski definition) is 0. The third-order valence-corrected chi connectivity index (χ3v) is 5.14. The quantitative estimate of drug-likeness (QED) is 0.686. The van der Waals surface area contributed by atoms with Crippen LogP contribution in [0.4, 0.5) is 0 Å². The highest BCUT2D eigenvalue weighted by Gasteiger charge is 2.21. The Morgan fingerprint density at radius 2 is 1.64 bits per heavy atom. The van der Waals surface area contributed by atoms with Crippen LogP contribution in [0.2, 0.25) is 25.7 Å². The van der Waals surface area contributed by atoms with Crippen LogP contribution in [-0.4, -0.2) is 8.07 Å². The molecule has 0 radical (unpaired) electrons. The van der Waals surface area contributed by atoms with E-state index in [-0.39, 0.29) is 5.92 Å². The molecule has 2 aromatic carbocycles. The Labute approximate surface area is 134 Å². The summed E-state index contributed by atoms with van der Waals surface area (Å²) in [6, 6.07) is 21.5. The largest absolute Gasteiger partial charge is 0.489 e. The first kappa shape index (κ1) is 16.3. The van der Waals surface area contributed by atoms with Gasteiger partial charge in [-0.05, 0) is 29.3 Å². The molecule has 2 aromatic rings. The van der Waals surface area contributed by atoms with Crippen LogP contribution in [0.1, 0.15) is 17.0 Å². The molecule has 0 bridgehead atoms. The maximum atomic E-state index is 9.41. The molecule has 114 valence electrons. The van der Waals surface area contributed by atoms with E-state index in [4.69, 9.17) is 4.74 Å². The van der Waals surface area contributed by atoms with E-state index in [2.05, 4.69) is 25.7 Å². The van der Waals surface area contributed by atoms with Crippen molar-refractivity contribution in [2.45, 2.75) is 38.2 Å². The first-order valence-corrected chi connectivity index (χ1v) is 11.3. The minimum atomic E-state index is -1.25. The average molecular weight is 309 g/mol. The highest BCUT2D eigenvalue weighted by atomic mass is 28.3. The molecule has 0 aromatic heterocycles. The smallest absolute Gasteiger partial charge is 0.119 e. The van der Waals surface area contributed by atoms with E-state index in [1.807, 2.05) is 54.6 Å². The van der Waals surface area contributed by atoms with Gasteiger partial charge in [0.1, 0.15) is 12.4 Å². The molecule has 0 fully saturated rings. The summed E-state index contributed by atoms with van der Waals surface area (Å²) in [5.41, 5.74) is 2.25. The third-order valence-electron chi connectivity index (χ3n) is 3.50. The van der Waals surface area contributed by atoms with Gasteiger partial charge < -0.3 is 4.74 Å². The number of hydrogen-bond acceptors (Lipinski definition) is 2. The number of benzene rings is 2. The molecule has 22 heavy (non-hydrogen) atoms. The summed E-state index contributed by atoms with van der Waals surface area (Å²) in [7, 11) is -1.25. The van der Waals surface area contributed by atoms with Crippen LogP contribution >= 0.6 is 0 Å². The zero-order valence-corrected chi connectivity index (χ0v) is 14.5. The van der Waals surface area contributed by atoms with Crippen molar-refractivity contribution in [3.63, 3.8) is 0 Å². The van der Waals surface area contributed by atoms with Gasteiger partial charge in [-0.15, -0.1) is 0 Å². The van der Waals surface area contributed by atoms with E-state index in [0.29, 0.717) is 6.61 Å². The van der Waals surface area contributed by atoms with Crippen molar-refractivity contribution in [3.8, 4) is 11.8 Å². The molecule has 0 aliphatic heterocycles. The fourth-order valence-corrected chi connectivity index (χ4v) is 3.94. The van der Waals surface area contributed by atoms with Crippen LogP contribution in [0.15, 0.2) is 54.6 Å². The lowest BCUT2D eigenvalue weighted by atomic mass is 10.0. The van der Waals surface area contributed by atoms with E-state index >= 15 is 0 Å². The summed E-state index contributed by atoms with van der Waals surface area (Å²) in [5, 5.41) is 9.41. The minimum absolute atomic E-state index is 0.00478. The summed E-state index contributed by atoms with van der Waals surface area (Å²) in [4.78, 5) is 0. The second-order valence-corrected chi connectivity index (χ2v) is 12.3. The van der Waals surface area contributed by atoms with Crippen molar-refractivity contribution >= 4 is 8.07 Å². The first-order chi connectivity index (χ1) is 10.5. The molecular formula is C19H23NOSi. The molecule has 0 saturated carbocycles. The zero-order valence-electron chi connectivity index (χ0n) is 13.5. The molecule has 0 spiro atoms. The lowest BCUT2D eigenvalue weighted by Gasteiger charge is -2.20. The van der Waals surface area contributed by atoms with Crippen molar-refractivity contribution in [2.24, 2.45) is 0 Å². The summed E-state index contributed by atoms with van der Waals surface area (Å²) < 4.78 is 5.79. The van der Waals surface area contributed by atoms with Gasteiger partial charge in [0, 0.05) is 8.07 Å².